The highest BCUT2D eigenvalue weighted by molar-refractivity contribution is 7.88. The van der Waals surface area contributed by atoms with Gasteiger partial charge < -0.3 is 5.11 Å². The van der Waals surface area contributed by atoms with Gasteiger partial charge in [0.2, 0.25) is 10.0 Å². The molecule has 6 heteroatoms. The van der Waals surface area contributed by atoms with Gasteiger partial charge in [-0.2, -0.15) is 0 Å². The summed E-state index contributed by atoms with van der Waals surface area (Å²) in [5, 5.41) is 8.93. The first-order chi connectivity index (χ1) is 9.42. The van der Waals surface area contributed by atoms with Crippen molar-refractivity contribution < 1.29 is 18.3 Å². The van der Waals surface area contributed by atoms with Crippen molar-refractivity contribution in [2.75, 3.05) is 13.1 Å². The average molecular weight is 297 g/mol. The topological polar surface area (TPSA) is 74.7 Å². The van der Waals surface area contributed by atoms with E-state index >= 15 is 0 Å². The number of nitrogens with zero attached hydrogens (tertiary/aromatic N) is 1. The minimum atomic E-state index is -3.36. The fourth-order valence-electron chi connectivity index (χ4n) is 2.48. The van der Waals surface area contributed by atoms with Crippen molar-refractivity contribution in [1.29, 1.82) is 0 Å². The number of carbonyl (C=O) groups is 1. The summed E-state index contributed by atoms with van der Waals surface area (Å²) in [5.74, 6) is -0.739. The molecule has 110 valence electrons. The monoisotopic (exact) mass is 297 g/mol. The molecule has 1 aromatic carbocycles. The Morgan fingerprint density at radius 2 is 2.20 bits per heavy atom. The fourth-order valence-corrected chi connectivity index (χ4v) is 4.08. The van der Waals surface area contributed by atoms with Crippen molar-refractivity contribution in [1.82, 2.24) is 4.31 Å². The zero-order valence-corrected chi connectivity index (χ0v) is 12.3. The molecule has 0 spiro atoms. The molecule has 1 aliphatic heterocycles. The number of hydrogen-bond donors (Lipinski definition) is 1. The Kier molecular flexibility index (Phi) is 4.45. The lowest BCUT2D eigenvalue weighted by Gasteiger charge is -2.16. The van der Waals surface area contributed by atoms with Gasteiger partial charge in [0.1, 0.15) is 0 Å². The molecule has 1 fully saturated rings. The van der Waals surface area contributed by atoms with Crippen LogP contribution >= 0.6 is 0 Å². The summed E-state index contributed by atoms with van der Waals surface area (Å²) < 4.78 is 26.2. The number of benzene rings is 1. The summed E-state index contributed by atoms with van der Waals surface area (Å²) in [4.78, 5) is 10.9. The number of rotatable bonds is 5. The van der Waals surface area contributed by atoms with Gasteiger partial charge in [-0.3, -0.25) is 0 Å². The Morgan fingerprint density at radius 3 is 2.80 bits per heavy atom. The minimum absolute atomic E-state index is 0.116. The molecule has 1 atom stereocenters. The third-order valence-electron chi connectivity index (χ3n) is 3.74. The third-order valence-corrected chi connectivity index (χ3v) is 5.56. The quantitative estimate of drug-likeness (QED) is 0.901. The van der Waals surface area contributed by atoms with Crippen molar-refractivity contribution in [3.8, 4) is 0 Å². The highest BCUT2D eigenvalue weighted by atomic mass is 32.2. The molecule has 1 aromatic rings. The van der Waals surface area contributed by atoms with Gasteiger partial charge in [0, 0.05) is 13.1 Å². The first kappa shape index (κ1) is 15.0. The summed E-state index contributed by atoms with van der Waals surface area (Å²) in [6, 6.07) is 6.11. The van der Waals surface area contributed by atoms with Crippen LogP contribution in [-0.4, -0.2) is 36.9 Å². The van der Waals surface area contributed by atoms with Crippen LogP contribution in [0.15, 0.2) is 24.3 Å². The van der Waals surface area contributed by atoms with Crippen LogP contribution in [0.3, 0.4) is 0 Å². The molecule has 0 saturated carbocycles. The molecular weight excluding hydrogens is 278 g/mol. The lowest BCUT2D eigenvalue weighted by molar-refractivity contribution is 0.0696. The number of sulfonamides is 1. The van der Waals surface area contributed by atoms with E-state index in [9.17, 15) is 13.2 Å². The lowest BCUT2D eigenvalue weighted by atomic mass is 10.1. The van der Waals surface area contributed by atoms with Gasteiger partial charge >= 0.3 is 5.97 Å². The SMILES string of the molecule is CCC1CCN(S(=O)(=O)Cc2cccc(C(=O)O)c2)C1. The second-order valence-electron chi connectivity index (χ2n) is 5.18. The number of carboxylic acid groups (broad SMARTS) is 1. The standard InChI is InChI=1S/C14H19NO4S/c1-2-11-6-7-15(9-11)20(18,19)10-12-4-3-5-13(8-12)14(16)17/h3-5,8,11H,2,6-7,9-10H2,1H3,(H,16,17). The van der Waals surface area contributed by atoms with Crippen molar-refractivity contribution >= 4 is 16.0 Å². The minimum Gasteiger partial charge on any atom is -0.478 e. The second kappa shape index (κ2) is 5.93. The molecule has 0 bridgehead atoms. The molecule has 0 aromatic heterocycles. The maximum absolute atomic E-state index is 12.3. The first-order valence-corrected chi connectivity index (χ1v) is 8.33. The number of carboxylic acids is 1. The summed E-state index contributed by atoms with van der Waals surface area (Å²) in [6.07, 6.45) is 1.89. The summed E-state index contributed by atoms with van der Waals surface area (Å²) in [6.45, 7) is 3.22. The van der Waals surface area contributed by atoms with Crippen molar-refractivity contribution in [2.45, 2.75) is 25.5 Å². The van der Waals surface area contributed by atoms with E-state index in [0.29, 0.717) is 24.6 Å². The van der Waals surface area contributed by atoms with Crippen LogP contribution in [0, 0.1) is 5.92 Å². The third kappa shape index (κ3) is 3.37. The van der Waals surface area contributed by atoms with Gasteiger partial charge in [-0.1, -0.05) is 25.5 Å². The first-order valence-electron chi connectivity index (χ1n) is 6.72. The molecule has 1 N–H and O–H groups in total. The number of hydrogen-bond acceptors (Lipinski definition) is 3. The lowest BCUT2D eigenvalue weighted by Crippen LogP contribution is -2.30. The molecule has 20 heavy (non-hydrogen) atoms. The summed E-state index contributed by atoms with van der Waals surface area (Å²) >= 11 is 0. The molecular formula is C14H19NO4S. The van der Waals surface area contributed by atoms with E-state index in [1.54, 1.807) is 12.1 Å². The van der Waals surface area contributed by atoms with E-state index in [1.807, 2.05) is 0 Å². The summed E-state index contributed by atoms with van der Waals surface area (Å²) in [7, 11) is -3.36. The Morgan fingerprint density at radius 1 is 1.45 bits per heavy atom. The predicted molar refractivity (Wildman–Crippen MR) is 76.0 cm³/mol. The molecule has 0 radical (unpaired) electrons. The molecule has 5 nitrogen and oxygen atoms in total. The van der Waals surface area contributed by atoms with Crippen molar-refractivity contribution in [3.63, 3.8) is 0 Å². The zero-order valence-electron chi connectivity index (χ0n) is 11.4. The molecule has 1 unspecified atom stereocenters. The second-order valence-corrected chi connectivity index (χ2v) is 7.15. The maximum Gasteiger partial charge on any atom is 0.335 e. The van der Waals surface area contributed by atoms with E-state index in [2.05, 4.69) is 6.92 Å². The molecule has 1 saturated heterocycles. The van der Waals surface area contributed by atoms with Crippen LogP contribution in [0.25, 0.3) is 0 Å². The van der Waals surface area contributed by atoms with Crippen molar-refractivity contribution in [3.05, 3.63) is 35.4 Å². The Hall–Kier alpha value is -1.40. The van der Waals surface area contributed by atoms with Gasteiger partial charge in [0.15, 0.2) is 0 Å². The van der Waals surface area contributed by atoms with Crippen LogP contribution in [-0.2, 0) is 15.8 Å². The Balaban J connectivity index is 2.12. The highest BCUT2D eigenvalue weighted by Crippen LogP contribution is 2.23. The van der Waals surface area contributed by atoms with Crippen molar-refractivity contribution in [2.24, 2.45) is 5.92 Å². The van der Waals surface area contributed by atoms with E-state index in [-0.39, 0.29) is 11.3 Å². The van der Waals surface area contributed by atoms with Gasteiger partial charge in [0.05, 0.1) is 11.3 Å². The van der Waals surface area contributed by atoms with Crippen LogP contribution in [0.1, 0.15) is 35.7 Å². The number of aromatic carboxylic acids is 1. The van der Waals surface area contributed by atoms with E-state index in [0.717, 1.165) is 12.8 Å². The van der Waals surface area contributed by atoms with Gasteiger partial charge in [-0.05, 0) is 30.0 Å². The molecule has 0 aliphatic carbocycles. The van der Waals surface area contributed by atoms with E-state index in [4.69, 9.17) is 5.11 Å². The van der Waals surface area contributed by atoms with Crippen LogP contribution in [0.5, 0.6) is 0 Å². The van der Waals surface area contributed by atoms with Gasteiger partial charge in [-0.25, -0.2) is 17.5 Å². The maximum atomic E-state index is 12.3. The molecule has 0 amide bonds. The molecule has 2 rings (SSSR count). The van der Waals surface area contributed by atoms with E-state index < -0.39 is 16.0 Å². The highest BCUT2D eigenvalue weighted by Gasteiger charge is 2.30. The largest absolute Gasteiger partial charge is 0.478 e. The fraction of sp³-hybridized carbons (Fsp3) is 0.500. The van der Waals surface area contributed by atoms with Gasteiger partial charge in [0.25, 0.3) is 0 Å². The summed E-state index contributed by atoms with van der Waals surface area (Å²) in [5.41, 5.74) is 0.635. The molecule has 1 heterocycles. The Labute approximate surface area is 119 Å². The average Bonchev–Trinajstić information content (AvgIpc) is 2.88. The smallest absolute Gasteiger partial charge is 0.335 e. The van der Waals surface area contributed by atoms with E-state index in [1.165, 1.54) is 16.4 Å². The van der Waals surface area contributed by atoms with Crippen LogP contribution in [0.2, 0.25) is 0 Å². The zero-order chi connectivity index (χ0) is 14.8. The van der Waals surface area contributed by atoms with Crippen LogP contribution in [0.4, 0.5) is 0 Å². The predicted octanol–water partition coefficient (Wildman–Crippen LogP) is 1.95. The van der Waals surface area contributed by atoms with Crippen LogP contribution < -0.4 is 0 Å². The molecule has 1 aliphatic rings. The van der Waals surface area contributed by atoms with Gasteiger partial charge in [-0.15, -0.1) is 0 Å². The Bertz CT molecular complexity index is 597. The normalized spacial score (nSPS) is 20.1.